The van der Waals surface area contributed by atoms with E-state index in [-0.39, 0.29) is 30.1 Å². The van der Waals surface area contributed by atoms with E-state index in [1.165, 1.54) is 24.3 Å². The van der Waals surface area contributed by atoms with Crippen LogP contribution in [0.15, 0.2) is 24.3 Å². The van der Waals surface area contributed by atoms with Gasteiger partial charge in [-0.2, -0.15) is 0 Å². The van der Waals surface area contributed by atoms with Gasteiger partial charge in [0.15, 0.2) is 0 Å². The fraction of sp³-hybridized carbons (Fsp3) is 0.0667. The molecule has 10 heteroatoms. The molecule has 0 aromatic heterocycles. The first-order chi connectivity index (χ1) is 11.5. The topological polar surface area (TPSA) is 74.6 Å². The van der Waals surface area contributed by atoms with Crippen molar-refractivity contribution in [3.05, 3.63) is 65.5 Å². The number of hydrogen-bond donors (Lipinski definition) is 2. The lowest BCUT2D eigenvalue weighted by molar-refractivity contribution is -0.155. The van der Waals surface area contributed by atoms with Gasteiger partial charge in [-0.3, -0.25) is 9.59 Å². The first kappa shape index (κ1) is 20.4. The normalized spacial score (nSPS) is 11.4. The van der Waals surface area contributed by atoms with Gasteiger partial charge < -0.3 is 10.2 Å². The Morgan fingerprint density at radius 2 is 0.880 bits per heavy atom. The Balaban J connectivity index is 3.07. The van der Waals surface area contributed by atoms with Crippen LogP contribution < -0.4 is 0 Å². The van der Waals surface area contributed by atoms with E-state index in [1.807, 2.05) is 0 Å². The molecule has 2 aromatic rings. The van der Waals surface area contributed by atoms with Crippen molar-refractivity contribution in [1.82, 2.24) is 0 Å². The molecule has 0 amide bonds. The van der Waals surface area contributed by atoms with Gasteiger partial charge in [-0.05, 0) is 24.3 Å². The second-order valence-electron chi connectivity index (χ2n) is 4.85. The summed E-state index contributed by atoms with van der Waals surface area (Å²) in [6.07, 6.45) is 0. The van der Waals surface area contributed by atoms with Gasteiger partial charge in [0.2, 0.25) is 5.41 Å². The quantitative estimate of drug-likeness (QED) is 0.541. The Hall–Kier alpha value is -0.880. The third-order valence-electron chi connectivity index (χ3n) is 3.41. The first-order valence-electron chi connectivity index (χ1n) is 6.30. The summed E-state index contributed by atoms with van der Waals surface area (Å²) in [7, 11) is 0. The smallest absolute Gasteiger partial charge is 0.330 e. The van der Waals surface area contributed by atoms with Crippen LogP contribution in [0.3, 0.4) is 0 Å². The number of halogens is 6. The van der Waals surface area contributed by atoms with Gasteiger partial charge in [-0.15, -0.1) is 0 Å². The Kier molecular flexibility index (Phi) is 6.04. The molecule has 0 aliphatic carbocycles. The maximum Gasteiger partial charge on any atom is 0.330 e. The molecule has 132 valence electrons. The summed E-state index contributed by atoms with van der Waals surface area (Å²) >= 11 is 36.0. The molecule has 4 nitrogen and oxygen atoms in total. The van der Waals surface area contributed by atoms with E-state index in [2.05, 4.69) is 0 Å². The highest BCUT2D eigenvalue weighted by Gasteiger charge is 2.55. The Morgan fingerprint density at radius 1 is 0.640 bits per heavy atom. The van der Waals surface area contributed by atoms with Crippen molar-refractivity contribution in [2.75, 3.05) is 0 Å². The Morgan fingerprint density at radius 3 is 1.08 bits per heavy atom. The largest absolute Gasteiger partial charge is 0.480 e. The molecule has 0 heterocycles. The van der Waals surface area contributed by atoms with E-state index in [0.717, 1.165) is 0 Å². The SMILES string of the molecule is O=C(O)C(C(=O)O)(c1c(Cl)cc(Cl)cc1Cl)c1c(Cl)cc(Cl)cc1Cl. The average molecular weight is 463 g/mol. The number of hydrogen-bond acceptors (Lipinski definition) is 2. The molecule has 0 atom stereocenters. The summed E-state index contributed by atoms with van der Waals surface area (Å²) in [4.78, 5) is 24.3. The molecule has 0 bridgehead atoms. The Labute approximate surface area is 171 Å². The standard InChI is InChI=1S/C15H6Cl6O4/c16-5-1-7(18)11(8(19)2-5)15(13(22)23,14(24)25)12-9(20)3-6(17)4-10(12)21/h1-4H,(H,22,23)(H,24,25). The van der Waals surface area contributed by atoms with E-state index in [1.54, 1.807) is 0 Å². The van der Waals surface area contributed by atoms with E-state index in [0.29, 0.717) is 0 Å². The summed E-state index contributed by atoms with van der Waals surface area (Å²) in [6.45, 7) is 0. The highest BCUT2D eigenvalue weighted by atomic mass is 35.5. The van der Waals surface area contributed by atoms with E-state index >= 15 is 0 Å². The molecule has 0 radical (unpaired) electrons. The monoisotopic (exact) mass is 460 g/mol. The van der Waals surface area contributed by atoms with Crippen molar-refractivity contribution in [2.45, 2.75) is 5.41 Å². The van der Waals surface area contributed by atoms with Crippen molar-refractivity contribution < 1.29 is 19.8 Å². The minimum Gasteiger partial charge on any atom is -0.480 e. The zero-order chi connectivity index (χ0) is 19.1. The molecule has 0 fully saturated rings. The van der Waals surface area contributed by atoms with E-state index in [4.69, 9.17) is 69.6 Å². The summed E-state index contributed by atoms with van der Waals surface area (Å²) < 4.78 is 0. The second kappa shape index (κ2) is 7.39. The zero-order valence-electron chi connectivity index (χ0n) is 11.8. The van der Waals surface area contributed by atoms with E-state index in [9.17, 15) is 19.8 Å². The van der Waals surface area contributed by atoms with Crippen LogP contribution in [0.4, 0.5) is 0 Å². The minimum absolute atomic E-state index is 0.0942. The van der Waals surface area contributed by atoms with Gasteiger partial charge in [0.05, 0.1) is 0 Å². The molecule has 0 aliphatic heterocycles. The fourth-order valence-corrected chi connectivity index (χ4v) is 4.65. The van der Waals surface area contributed by atoms with Gasteiger partial charge in [-0.25, -0.2) is 0 Å². The molecular weight excluding hydrogens is 457 g/mol. The molecule has 25 heavy (non-hydrogen) atoms. The number of carboxylic acid groups (broad SMARTS) is 2. The van der Waals surface area contributed by atoms with Gasteiger partial charge in [-0.1, -0.05) is 69.6 Å². The summed E-state index contributed by atoms with van der Waals surface area (Å²) in [6, 6.07) is 4.68. The fourth-order valence-electron chi connectivity index (χ4n) is 2.45. The van der Waals surface area contributed by atoms with Crippen LogP contribution in [0.5, 0.6) is 0 Å². The lowest BCUT2D eigenvalue weighted by atomic mass is 9.74. The Bertz CT molecular complexity index is 776. The highest BCUT2D eigenvalue weighted by Crippen LogP contribution is 2.48. The van der Waals surface area contributed by atoms with E-state index < -0.39 is 28.5 Å². The summed E-state index contributed by atoms with van der Waals surface area (Å²) in [5, 5.41) is 18.8. The lowest BCUT2D eigenvalue weighted by Crippen LogP contribution is -2.46. The van der Waals surface area contributed by atoms with Crippen molar-refractivity contribution in [3.8, 4) is 0 Å². The number of aliphatic carboxylic acids is 2. The number of carboxylic acids is 2. The molecule has 0 spiro atoms. The predicted molar refractivity (Wildman–Crippen MR) is 99.0 cm³/mol. The van der Waals surface area contributed by atoms with Crippen LogP contribution >= 0.6 is 69.6 Å². The lowest BCUT2D eigenvalue weighted by Gasteiger charge is -2.29. The minimum atomic E-state index is -2.78. The zero-order valence-corrected chi connectivity index (χ0v) is 16.3. The van der Waals surface area contributed by atoms with Crippen LogP contribution in [0.25, 0.3) is 0 Å². The molecule has 2 aromatic carbocycles. The van der Waals surface area contributed by atoms with Gasteiger partial charge >= 0.3 is 11.9 Å². The molecule has 0 aliphatic rings. The van der Waals surface area contributed by atoms with Crippen molar-refractivity contribution in [3.63, 3.8) is 0 Å². The second-order valence-corrected chi connectivity index (χ2v) is 7.35. The average Bonchev–Trinajstić information content (AvgIpc) is 2.42. The maximum absolute atomic E-state index is 12.2. The van der Waals surface area contributed by atoms with Gasteiger partial charge in [0, 0.05) is 41.3 Å². The highest BCUT2D eigenvalue weighted by molar-refractivity contribution is 6.43. The number of rotatable bonds is 4. The molecule has 0 saturated heterocycles. The first-order valence-corrected chi connectivity index (χ1v) is 8.57. The predicted octanol–water partition coefficient (Wildman–Crippen LogP) is 6.06. The molecular formula is C15H6Cl6O4. The van der Waals surface area contributed by atoms with Crippen LogP contribution in [0.2, 0.25) is 30.1 Å². The van der Waals surface area contributed by atoms with Crippen molar-refractivity contribution in [1.29, 1.82) is 0 Å². The summed E-state index contributed by atoms with van der Waals surface area (Å²) in [5.74, 6) is -3.59. The molecule has 2 rings (SSSR count). The van der Waals surface area contributed by atoms with Gasteiger partial charge in [0.25, 0.3) is 0 Å². The van der Waals surface area contributed by atoms with Crippen LogP contribution in [0, 0.1) is 0 Å². The van der Waals surface area contributed by atoms with Gasteiger partial charge in [0.1, 0.15) is 0 Å². The maximum atomic E-state index is 12.2. The van der Waals surface area contributed by atoms with Crippen LogP contribution in [0.1, 0.15) is 11.1 Å². The van der Waals surface area contributed by atoms with Crippen molar-refractivity contribution in [2.24, 2.45) is 0 Å². The van der Waals surface area contributed by atoms with Crippen molar-refractivity contribution >= 4 is 81.5 Å². The summed E-state index contributed by atoms with van der Waals surface area (Å²) in [5.41, 5.74) is -3.63. The van der Waals surface area contributed by atoms with Crippen LogP contribution in [-0.4, -0.2) is 22.2 Å². The molecule has 0 saturated carbocycles. The molecule has 0 unspecified atom stereocenters. The molecule has 2 N–H and O–H groups in total. The number of benzene rings is 2. The number of carbonyl (C=O) groups is 2. The van der Waals surface area contributed by atoms with Crippen LogP contribution in [-0.2, 0) is 15.0 Å². The third-order valence-corrected chi connectivity index (χ3v) is 5.03. The third kappa shape index (κ3) is 3.39.